The lowest BCUT2D eigenvalue weighted by atomic mass is 10.0. The zero-order valence-electron chi connectivity index (χ0n) is 19.3. The molecule has 176 valence electrons. The zero-order chi connectivity index (χ0) is 24.9. The minimum atomic E-state index is -0.427. The van der Waals surface area contributed by atoms with Gasteiger partial charge in [-0.15, -0.1) is 11.8 Å². The third kappa shape index (κ3) is 5.41. The second-order valence-electron chi connectivity index (χ2n) is 8.36. The molecular weight excluding hydrogens is 460 g/mol. The summed E-state index contributed by atoms with van der Waals surface area (Å²) >= 11 is 1.47. The maximum absolute atomic E-state index is 12.0. The van der Waals surface area contributed by atoms with E-state index < -0.39 is 10.5 Å². The molecule has 4 aromatic rings. The number of nitrogens with zero attached hydrogens (tertiary/aromatic N) is 2. The van der Waals surface area contributed by atoms with Crippen molar-refractivity contribution < 1.29 is 9.85 Å². The molecule has 0 amide bonds. The molecule has 2 unspecified atom stereocenters. The van der Waals surface area contributed by atoms with Gasteiger partial charge in [-0.05, 0) is 36.1 Å². The van der Waals surface area contributed by atoms with Crippen molar-refractivity contribution in [1.82, 2.24) is 0 Å². The first kappa shape index (κ1) is 24.2. The SMILES string of the molecule is Cc1ccc(C(SC(c2ccccc2)c2ccc(C)cc2[N+](=O)[O-])c2ccccc2)c([N+](=O)[O-])c1. The monoisotopic (exact) mass is 484 g/mol. The molecule has 0 spiro atoms. The van der Waals surface area contributed by atoms with Crippen LogP contribution in [-0.2, 0) is 0 Å². The molecule has 0 N–H and O–H groups in total. The summed E-state index contributed by atoms with van der Waals surface area (Å²) in [6.07, 6.45) is 0. The number of benzene rings is 4. The molecule has 0 fully saturated rings. The summed E-state index contributed by atoms with van der Waals surface area (Å²) < 4.78 is 0. The summed E-state index contributed by atoms with van der Waals surface area (Å²) in [6, 6.07) is 29.6. The van der Waals surface area contributed by atoms with E-state index in [1.807, 2.05) is 86.6 Å². The molecule has 0 saturated heterocycles. The first-order valence-electron chi connectivity index (χ1n) is 11.1. The van der Waals surface area contributed by atoms with Gasteiger partial charge in [0, 0.05) is 23.3 Å². The first-order valence-corrected chi connectivity index (χ1v) is 12.0. The van der Waals surface area contributed by atoms with E-state index >= 15 is 0 Å². The van der Waals surface area contributed by atoms with Gasteiger partial charge < -0.3 is 0 Å². The van der Waals surface area contributed by atoms with Crippen molar-refractivity contribution in [3.63, 3.8) is 0 Å². The molecule has 0 aliphatic rings. The maximum atomic E-state index is 12.0. The third-order valence-electron chi connectivity index (χ3n) is 5.81. The second-order valence-corrected chi connectivity index (χ2v) is 9.57. The highest BCUT2D eigenvalue weighted by molar-refractivity contribution is 8.00. The Kier molecular flexibility index (Phi) is 7.27. The van der Waals surface area contributed by atoms with Crippen LogP contribution in [0.4, 0.5) is 11.4 Å². The van der Waals surface area contributed by atoms with E-state index in [4.69, 9.17) is 0 Å². The van der Waals surface area contributed by atoms with E-state index in [1.165, 1.54) is 11.8 Å². The molecule has 6 nitrogen and oxygen atoms in total. The predicted molar refractivity (Wildman–Crippen MR) is 140 cm³/mol. The van der Waals surface area contributed by atoms with Crippen molar-refractivity contribution in [3.8, 4) is 0 Å². The summed E-state index contributed by atoms with van der Waals surface area (Å²) in [5.41, 5.74) is 4.57. The van der Waals surface area contributed by atoms with E-state index in [0.717, 1.165) is 22.3 Å². The number of hydrogen-bond acceptors (Lipinski definition) is 5. The van der Waals surface area contributed by atoms with Gasteiger partial charge in [-0.25, -0.2) is 0 Å². The molecule has 4 aromatic carbocycles. The van der Waals surface area contributed by atoms with E-state index in [9.17, 15) is 20.2 Å². The van der Waals surface area contributed by atoms with Gasteiger partial charge in [-0.2, -0.15) is 0 Å². The van der Waals surface area contributed by atoms with Crippen molar-refractivity contribution in [2.75, 3.05) is 0 Å². The molecule has 0 radical (unpaired) electrons. The fourth-order valence-electron chi connectivity index (χ4n) is 4.12. The zero-order valence-corrected chi connectivity index (χ0v) is 20.1. The quantitative estimate of drug-likeness (QED) is 0.189. The Morgan fingerprint density at radius 2 is 0.971 bits per heavy atom. The largest absolute Gasteiger partial charge is 0.274 e. The van der Waals surface area contributed by atoms with Crippen molar-refractivity contribution >= 4 is 23.1 Å². The molecule has 0 bridgehead atoms. The van der Waals surface area contributed by atoms with Crippen molar-refractivity contribution in [2.45, 2.75) is 24.3 Å². The number of thioether (sulfide) groups is 1. The predicted octanol–water partition coefficient (Wildman–Crippen LogP) is 7.73. The van der Waals surface area contributed by atoms with Gasteiger partial charge in [0.1, 0.15) is 0 Å². The molecule has 0 heterocycles. The summed E-state index contributed by atoms with van der Waals surface area (Å²) in [7, 11) is 0. The minimum Gasteiger partial charge on any atom is -0.258 e. The number of rotatable bonds is 8. The smallest absolute Gasteiger partial charge is 0.258 e. The lowest BCUT2D eigenvalue weighted by Gasteiger charge is -2.25. The van der Waals surface area contributed by atoms with Gasteiger partial charge in [0.05, 0.1) is 20.3 Å². The molecule has 35 heavy (non-hydrogen) atoms. The van der Waals surface area contributed by atoms with E-state index in [-0.39, 0.29) is 21.2 Å². The van der Waals surface area contributed by atoms with Gasteiger partial charge in [0.2, 0.25) is 0 Å². The van der Waals surface area contributed by atoms with Crippen LogP contribution in [0, 0.1) is 34.1 Å². The van der Waals surface area contributed by atoms with Crippen LogP contribution >= 0.6 is 11.8 Å². The molecule has 0 aliphatic carbocycles. The number of nitro benzene ring substituents is 2. The van der Waals surface area contributed by atoms with Gasteiger partial charge in [0.25, 0.3) is 11.4 Å². The molecule has 7 heteroatoms. The Morgan fingerprint density at radius 3 is 1.31 bits per heavy atom. The van der Waals surface area contributed by atoms with Crippen LogP contribution in [0.1, 0.15) is 43.9 Å². The Balaban J connectivity index is 1.93. The summed E-state index contributed by atoms with van der Waals surface area (Å²) in [6.45, 7) is 3.65. The summed E-state index contributed by atoms with van der Waals surface area (Å²) in [5, 5.41) is 23.2. The normalized spacial score (nSPS) is 12.6. The highest BCUT2D eigenvalue weighted by Gasteiger charge is 2.31. The van der Waals surface area contributed by atoms with Crippen LogP contribution in [0.2, 0.25) is 0 Å². The van der Waals surface area contributed by atoms with Gasteiger partial charge in [-0.1, -0.05) is 84.9 Å². The van der Waals surface area contributed by atoms with E-state index in [0.29, 0.717) is 11.1 Å². The highest BCUT2D eigenvalue weighted by Crippen LogP contribution is 2.51. The molecule has 4 rings (SSSR count). The highest BCUT2D eigenvalue weighted by atomic mass is 32.2. The van der Waals surface area contributed by atoms with Crippen LogP contribution in [0.5, 0.6) is 0 Å². The van der Waals surface area contributed by atoms with Crippen LogP contribution < -0.4 is 0 Å². The van der Waals surface area contributed by atoms with Crippen LogP contribution in [0.15, 0.2) is 97.1 Å². The Bertz CT molecular complexity index is 1260. The lowest BCUT2D eigenvalue weighted by molar-refractivity contribution is -0.385. The molecule has 0 saturated carbocycles. The second kappa shape index (κ2) is 10.5. The minimum absolute atomic E-state index is 0.0385. The fraction of sp³-hybridized carbons (Fsp3) is 0.143. The molecular formula is C28H24N2O4S. The first-order chi connectivity index (χ1) is 16.8. The maximum Gasteiger partial charge on any atom is 0.274 e. The summed E-state index contributed by atoms with van der Waals surface area (Å²) in [5.74, 6) is 0. The summed E-state index contributed by atoms with van der Waals surface area (Å²) in [4.78, 5) is 23.3. The molecule has 0 aliphatic heterocycles. The van der Waals surface area contributed by atoms with Gasteiger partial charge in [0.15, 0.2) is 0 Å². The van der Waals surface area contributed by atoms with E-state index in [2.05, 4.69) is 0 Å². The van der Waals surface area contributed by atoms with E-state index in [1.54, 1.807) is 24.3 Å². The third-order valence-corrected chi connectivity index (χ3v) is 7.40. The Morgan fingerprint density at radius 1 is 0.600 bits per heavy atom. The molecule has 2 atom stereocenters. The van der Waals surface area contributed by atoms with Crippen LogP contribution in [0.25, 0.3) is 0 Å². The Labute approximate surface area is 207 Å². The van der Waals surface area contributed by atoms with Crippen LogP contribution in [0.3, 0.4) is 0 Å². The lowest BCUT2D eigenvalue weighted by Crippen LogP contribution is -2.08. The van der Waals surface area contributed by atoms with Crippen molar-refractivity contribution in [3.05, 3.63) is 151 Å². The average Bonchev–Trinajstić information content (AvgIpc) is 2.86. The van der Waals surface area contributed by atoms with Gasteiger partial charge in [-0.3, -0.25) is 20.2 Å². The standard InChI is InChI=1S/C28H24N2O4S/c1-19-13-15-23(25(17-19)29(31)32)27(21-9-5-3-6-10-21)35-28(22-11-7-4-8-12-22)24-16-14-20(2)18-26(24)30(33)34/h3-18,27-28H,1-2H3. The topological polar surface area (TPSA) is 86.3 Å². The molecule has 0 aromatic heterocycles. The van der Waals surface area contributed by atoms with Crippen LogP contribution in [-0.4, -0.2) is 9.85 Å². The number of hydrogen-bond donors (Lipinski definition) is 0. The van der Waals surface area contributed by atoms with Crippen molar-refractivity contribution in [1.29, 1.82) is 0 Å². The average molecular weight is 485 g/mol. The number of nitro groups is 2. The number of aryl methyl sites for hydroxylation is 2. The fourth-order valence-corrected chi connectivity index (χ4v) is 5.71. The van der Waals surface area contributed by atoms with Gasteiger partial charge >= 0.3 is 0 Å². The van der Waals surface area contributed by atoms with Crippen molar-refractivity contribution in [2.24, 2.45) is 0 Å². The Hall–Kier alpha value is -3.97.